The molecule has 1 nitrogen and oxygen atoms in total. The minimum absolute atomic E-state index is 0.0291. The van der Waals surface area contributed by atoms with Gasteiger partial charge in [0.15, 0.2) is 0 Å². The third-order valence-corrected chi connectivity index (χ3v) is 4.17. The lowest BCUT2D eigenvalue weighted by molar-refractivity contribution is 0.508. The minimum atomic E-state index is -0.278. The van der Waals surface area contributed by atoms with Gasteiger partial charge >= 0.3 is 0 Å². The highest BCUT2D eigenvalue weighted by molar-refractivity contribution is 6.30. The molecule has 2 N–H and O–H groups in total. The summed E-state index contributed by atoms with van der Waals surface area (Å²) in [6, 6.07) is 1.66. The molecule has 0 spiro atoms. The minimum Gasteiger partial charge on any atom is -0.327 e. The molecule has 0 radical (unpaired) electrons. The van der Waals surface area contributed by atoms with E-state index in [4.69, 9.17) is 17.3 Å². The van der Waals surface area contributed by atoms with Gasteiger partial charge in [0.2, 0.25) is 0 Å². The molecule has 1 aliphatic carbocycles. The Morgan fingerprint density at radius 3 is 2.44 bits per heavy atom. The van der Waals surface area contributed by atoms with Crippen LogP contribution in [0, 0.1) is 19.7 Å². The fourth-order valence-corrected chi connectivity index (χ4v) is 2.76. The second-order valence-electron chi connectivity index (χ2n) is 4.93. The molecule has 1 aliphatic rings. The number of benzene rings is 1. The van der Waals surface area contributed by atoms with Crippen LogP contribution in [0.5, 0.6) is 0 Å². The summed E-state index contributed by atoms with van der Waals surface area (Å²) < 4.78 is 14.2. The van der Waals surface area contributed by atoms with E-state index >= 15 is 0 Å². The van der Waals surface area contributed by atoms with Gasteiger partial charge in [-0.3, -0.25) is 0 Å². The zero-order chi connectivity index (χ0) is 12.1. The van der Waals surface area contributed by atoms with Gasteiger partial charge in [-0.05, 0) is 50.8 Å². The Kier molecular flexibility index (Phi) is 2.75. The maximum atomic E-state index is 14.2. The molecule has 1 atom stereocenters. The molecule has 1 aromatic carbocycles. The number of aryl methyl sites for hydroxylation is 1. The van der Waals surface area contributed by atoms with Crippen molar-refractivity contribution in [2.75, 3.05) is 0 Å². The van der Waals surface area contributed by atoms with Gasteiger partial charge < -0.3 is 5.73 Å². The summed E-state index contributed by atoms with van der Waals surface area (Å²) in [6.07, 6.45) is 1.92. The van der Waals surface area contributed by atoms with Crippen LogP contribution in [-0.2, 0) is 5.41 Å². The highest BCUT2D eigenvalue weighted by Crippen LogP contribution is 2.53. The average molecular weight is 242 g/mol. The zero-order valence-corrected chi connectivity index (χ0v) is 10.7. The second-order valence-corrected chi connectivity index (χ2v) is 5.34. The molecule has 1 unspecified atom stereocenters. The van der Waals surface area contributed by atoms with Crippen molar-refractivity contribution in [3.63, 3.8) is 0 Å². The summed E-state index contributed by atoms with van der Waals surface area (Å²) in [5.41, 5.74) is 8.59. The third-order valence-electron chi connectivity index (χ3n) is 3.90. The fourth-order valence-electron chi connectivity index (χ4n) is 2.50. The number of nitrogens with two attached hydrogens (primary N) is 1. The van der Waals surface area contributed by atoms with Crippen molar-refractivity contribution in [2.45, 2.75) is 45.1 Å². The van der Waals surface area contributed by atoms with Crippen LogP contribution in [0.25, 0.3) is 0 Å². The van der Waals surface area contributed by atoms with Crippen molar-refractivity contribution in [1.82, 2.24) is 0 Å². The van der Waals surface area contributed by atoms with Crippen LogP contribution >= 0.6 is 11.6 Å². The molecule has 1 aromatic rings. The standard InChI is InChI=1S/C13H17ClFN/c1-7-6-10(14)12(15)11(8(7)2)13(4-5-13)9(3)16/h6,9H,4-5,16H2,1-3H3. The molecule has 0 bridgehead atoms. The molecule has 16 heavy (non-hydrogen) atoms. The topological polar surface area (TPSA) is 26.0 Å². The zero-order valence-electron chi connectivity index (χ0n) is 9.90. The number of rotatable bonds is 2. The Bertz CT molecular complexity index is 410. The Hall–Kier alpha value is -0.600. The van der Waals surface area contributed by atoms with Crippen molar-refractivity contribution in [3.8, 4) is 0 Å². The van der Waals surface area contributed by atoms with Crippen LogP contribution in [0.3, 0.4) is 0 Å². The first-order valence-corrected chi connectivity index (χ1v) is 5.99. The Morgan fingerprint density at radius 1 is 1.44 bits per heavy atom. The van der Waals surface area contributed by atoms with Crippen molar-refractivity contribution in [2.24, 2.45) is 5.73 Å². The largest absolute Gasteiger partial charge is 0.327 e. The first-order valence-electron chi connectivity index (χ1n) is 5.61. The average Bonchev–Trinajstić information content (AvgIpc) is 2.97. The molecule has 0 aromatic heterocycles. The predicted molar refractivity (Wildman–Crippen MR) is 65.4 cm³/mol. The predicted octanol–water partition coefficient (Wildman–Crippen LogP) is 3.47. The Labute approximate surface area is 101 Å². The lowest BCUT2D eigenvalue weighted by Crippen LogP contribution is -2.33. The molecule has 1 fully saturated rings. The number of hydrogen-bond donors (Lipinski definition) is 1. The Morgan fingerprint density at radius 2 is 2.00 bits per heavy atom. The van der Waals surface area contributed by atoms with Gasteiger partial charge in [-0.2, -0.15) is 0 Å². The molecular formula is C13H17ClFN. The van der Waals surface area contributed by atoms with E-state index in [1.807, 2.05) is 20.8 Å². The Balaban J connectivity index is 2.65. The first kappa shape index (κ1) is 11.9. The van der Waals surface area contributed by atoms with Gasteiger partial charge in [0.1, 0.15) is 5.82 Å². The quantitative estimate of drug-likeness (QED) is 0.843. The molecule has 0 heterocycles. The molecule has 0 saturated heterocycles. The lowest BCUT2D eigenvalue weighted by Gasteiger charge is -2.24. The van der Waals surface area contributed by atoms with E-state index in [0.29, 0.717) is 0 Å². The number of halogens is 2. The molecule has 2 rings (SSSR count). The molecule has 3 heteroatoms. The van der Waals surface area contributed by atoms with Gasteiger partial charge in [-0.15, -0.1) is 0 Å². The van der Waals surface area contributed by atoms with Crippen LogP contribution in [0.4, 0.5) is 4.39 Å². The summed E-state index contributed by atoms with van der Waals surface area (Å²) in [5, 5.41) is 0.213. The second kappa shape index (κ2) is 3.71. The van der Waals surface area contributed by atoms with Gasteiger partial charge in [-0.25, -0.2) is 4.39 Å². The highest BCUT2D eigenvalue weighted by Gasteiger charge is 2.50. The van der Waals surface area contributed by atoms with Crippen molar-refractivity contribution in [3.05, 3.63) is 33.6 Å². The van der Waals surface area contributed by atoms with E-state index in [-0.39, 0.29) is 22.3 Å². The van der Waals surface area contributed by atoms with Crippen LogP contribution in [0.1, 0.15) is 36.5 Å². The van der Waals surface area contributed by atoms with Crippen molar-refractivity contribution < 1.29 is 4.39 Å². The maximum absolute atomic E-state index is 14.2. The van der Waals surface area contributed by atoms with Gasteiger partial charge in [-0.1, -0.05) is 11.6 Å². The van der Waals surface area contributed by atoms with Gasteiger partial charge in [0.25, 0.3) is 0 Å². The SMILES string of the molecule is Cc1cc(Cl)c(F)c(C2(C(C)N)CC2)c1C. The summed E-state index contributed by atoms with van der Waals surface area (Å²) in [4.78, 5) is 0. The van der Waals surface area contributed by atoms with Gasteiger partial charge in [0, 0.05) is 17.0 Å². The molecule has 1 saturated carbocycles. The van der Waals surface area contributed by atoms with E-state index in [1.165, 1.54) is 0 Å². The van der Waals surface area contributed by atoms with Crippen LogP contribution in [0.15, 0.2) is 6.07 Å². The molecule has 0 amide bonds. The molecule has 88 valence electrons. The van der Waals surface area contributed by atoms with E-state index in [9.17, 15) is 4.39 Å². The highest BCUT2D eigenvalue weighted by atomic mass is 35.5. The van der Waals surface area contributed by atoms with E-state index < -0.39 is 0 Å². The van der Waals surface area contributed by atoms with Crippen molar-refractivity contribution in [1.29, 1.82) is 0 Å². The third kappa shape index (κ3) is 1.56. The smallest absolute Gasteiger partial charge is 0.145 e. The maximum Gasteiger partial charge on any atom is 0.145 e. The molecule has 0 aliphatic heterocycles. The lowest BCUT2D eigenvalue weighted by atomic mass is 9.84. The van der Waals surface area contributed by atoms with Crippen LogP contribution < -0.4 is 5.73 Å². The fraction of sp³-hybridized carbons (Fsp3) is 0.538. The van der Waals surface area contributed by atoms with E-state index in [1.54, 1.807) is 6.07 Å². The first-order chi connectivity index (χ1) is 7.40. The summed E-state index contributed by atoms with van der Waals surface area (Å²) in [6.45, 7) is 5.86. The van der Waals surface area contributed by atoms with E-state index in [2.05, 4.69) is 0 Å². The number of hydrogen-bond acceptors (Lipinski definition) is 1. The normalized spacial score (nSPS) is 19.6. The summed E-state index contributed by atoms with van der Waals surface area (Å²) in [7, 11) is 0. The summed E-state index contributed by atoms with van der Waals surface area (Å²) >= 11 is 5.91. The van der Waals surface area contributed by atoms with Crippen LogP contribution in [0.2, 0.25) is 5.02 Å². The van der Waals surface area contributed by atoms with E-state index in [0.717, 1.165) is 29.5 Å². The summed E-state index contributed by atoms with van der Waals surface area (Å²) in [5.74, 6) is -0.278. The molecular weight excluding hydrogens is 225 g/mol. The van der Waals surface area contributed by atoms with Crippen LogP contribution in [-0.4, -0.2) is 6.04 Å². The monoisotopic (exact) mass is 241 g/mol. The van der Waals surface area contributed by atoms with Crippen molar-refractivity contribution >= 4 is 11.6 Å². The van der Waals surface area contributed by atoms with Gasteiger partial charge in [0.05, 0.1) is 5.02 Å².